The van der Waals surface area contributed by atoms with Crippen molar-refractivity contribution >= 4 is 5.78 Å². The van der Waals surface area contributed by atoms with Gasteiger partial charge in [0, 0.05) is 23.2 Å². The zero-order chi connectivity index (χ0) is 23.3. The number of aliphatic hydroxyl groups is 2. The van der Waals surface area contributed by atoms with Gasteiger partial charge < -0.3 is 19.7 Å². The first-order valence-corrected chi connectivity index (χ1v) is 12.3. The molecule has 5 nitrogen and oxygen atoms in total. The van der Waals surface area contributed by atoms with E-state index in [2.05, 4.69) is 0 Å². The van der Waals surface area contributed by atoms with Crippen LogP contribution in [0, 0.1) is 22.7 Å². The van der Waals surface area contributed by atoms with E-state index in [1.165, 1.54) is 0 Å². The van der Waals surface area contributed by atoms with Crippen LogP contribution in [0.25, 0.3) is 0 Å². The normalized spacial score (nSPS) is 50.6. The van der Waals surface area contributed by atoms with Crippen molar-refractivity contribution in [3.8, 4) is 5.75 Å². The molecule has 2 N–H and O–H groups in total. The van der Waals surface area contributed by atoms with Gasteiger partial charge in [-0.05, 0) is 62.7 Å². The van der Waals surface area contributed by atoms with E-state index in [0.29, 0.717) is 44.3 Å². The van der Waals surface area contributed by atoms with Gasteiger partial charge in [-0.15, -0.1) is 0 Å². The van der Waals surface area contributed by atoms with Crippen molar-refractivity contribution in [2.75, 3.05) is 6.61 Å². The molecule has 0 bridgehead atoms. The number of carbonyl (C=O) groups excluding carboxylic acids is 1. The maximum atomic E-state index is 17.2. The number of rotatable bonds is 3. The molecule has 3 saturated carbocycles. The SMILES string of the molecule is C[C@]12CCC(=O)C=C1CC[C@H]1[C@@H]3CC[C@](O)(C4(Oc5ccccc5)CO4)[C@@]3(C)CC(O)[C@@]12F. The lowest BCUT2D eigenvalue weighted by atomic mass is 9.43. The zero-order valence-corrected chi connectivity index (χ0v) is 19.4. The summed E-state index contributed by atoms with van der Waals surface area (Å²) in [4.78, 5) is 12.1. The largest absolute Gasteiger partial charge is 0.457 e. The van der Waals surface area contributed by atoms with E-state index in [-0.39, 0.29) is 30.6 Å². The van der Waals surface area contributed by atoms with E-state index >= 15 is 4.39 Å². The van der Waals surface area contributed by atoms with Gasteiger partial charge in [-0.3, -0.25) is 4.79 Å². The van der Waals surface area contributed by atoms with Crippen LogP contribution in [0.3, 0.4) is 0 Å². The van der Waals surface area contributed by atoms with Crippen LogP contribution in [-0.2, 0) is 9.53 Å². The Morgan fingerprint density at radius 2 is 1.82 bits per heavy atom. The minimum Gasteiger partial charge on any atom is -0.457 e. The molecule has 4 fully saturated rings. The molecule has 2 unspecified atom stereocenters. The molecule has 1 heterocycles. The molecule has 0 amide bonds. The molecule has 8 atom stereocenters. The zero-order valence-electron chi connectivity index (χ0n) is 19.4. The molecule has 0 aromatic heterocycles. The van der Waals surface area contributed by atoms with Crippen molar-refractivity contribution in [2.24, 2.45) is 22.7 Å². The smallest absolute Gasteiger partial charge is 0.264 e. The highest BCUT2D eigenvalue weighted by Gasteiger charge is 2.80. The third kappa shape index (κ3) is 2.55. The monoisotopic (exact) mass is 456 g/mol. The summed E-state index contributed by atoms with van der Waals surface area (Å²) in [6, 6.07) is 9.32. The number of hydrogen-bond acceptors (Lipinski definition) is 5. The van der Waals surface area contributed by atoms with Crippen molar-refractivity contribution in [3.05, 3.63) is 42.0 Å². The number of halogens is 1. The highest BCUT2D eigenvalue weighted by Crippen LogP contribution is 2.72. The van der Waals surface area contributed by atoms with Crippen LogP contribution in [0.15, 0.2) is 42.0 Å². The molecule has 1 aromatic carbocycles. The number of allylic oxidation sites excluding steroid dienone is 1. The molecular weight excluding hydrogens is 423 g/mol. The van der Waals surface area contributed by atoms with Crippen LogP contribution in [0.4, 0.5) is 4.39 Å². The fourth-order valence-electron chi connectivity index (χ4n) is 8.33. The van der Waals surface area contributed by atoms with Gasteiger partial charge in [0.1, 0.15) is 23.6 Å². The summed E-state index contributed by atoms with van der Waals surface area (Å²) in [5, 5.41) is 23.7. The van der Waals surface area contributed by atoms with Crippen LogP contribution < -0.4 is 4.74 Å². The number of alkyl halides is 1. The van der Waals surface area contributed by atoms with Crippen LogP contribution in [0.1, 0.15) is 58.8 Å². The number of para-hydroxylation sites is 1. The molecule has 178 valence electrons. The number of aliphatic hydroxyl groups excluding tert-OH is 1. The Hall–Kier alpha value is -1.76. The molecule has 5 aliphatic rings. The number of hydrogen-bond donors (Lipinski definition) is 2. The molecule has 1 aliphatic heterocycles. The Morgan fingerprint density at radius 1 is 1.09 bits per heavy atom. The van der Waals surface area contributed by atoms with Crippen molar-refractivity contribution < 1.29 is 28.9 Å². The number of ether oxygens (including phenoxy) is 2. The maximum Gasteiger partial charge on any atom is 0.264 e. The number of ketones is 1. The van der Waals surface area contributed by atoms with Gasteiger partial charge >= 0.3 is 0 Å². The van der Waals surface area contributed by atoms with Crippen LogP contribution in [0.5, 0.6) is 5.75 Å². The van der Waals surface area contributed by atoms with Gasteiger partial charge in [0.15, 0.2) is 5.78 Å². The summed E-state index contributed by atoms with van der Waals surface area (Å²) < 4.78 is 29.3. The highest BCUT2D eigenvalue weighted by atomic mass is 19.1. The summed E-state index contributed by atoms with van der Waals surface area (Å²) >= 11 is 0. The Bertz CT molecular complexity index is 1020. The van der Waals surface area contributed by atoms with Crippen LogP contribution >= 0.6 is 0 Å². The Labute approximate surface area is 194 Å². The molecule has 6 heteroatoms. The molecular formula is C27H33FO5. The average Bonchev–Trinajstić information content (AvgIpc) is 3.51. The second-order valence-electron chi connectivity index (χ2n) is 11.5. The number of epoxide rings is 1. The van der Waals surface area contributed by atoms with E-state index in [0.717, 1.165) is 5.57 Å². The van der Waals surface area contributed by atoms with Crippen molar-refractivity contribution in [1.29, 1.82) is 0 Å². The number of fused-ring (bicyclic) bond motifs is 5. The molecule has 33 heavy (non-hydrogen) atoms. The van der Waals surface area contributed by atoms with Gasteiger partial charge in [0.05, 0.1) is 6.10 Å². The third-order valence-electron chi connectivity index (χ3n) is 10.3. The lowest BCUT2D eigenvalue weighted by Crippen LogP contribution is -2.70. The summed E-state index contributed by atoms with van der Waals surface area (Å²) in [5.74, 6) is -0.982. The number of benzene rings is 1. The van der Waals surface area contributed by atoms with Crippen molar-refractivity contribution in [2.45, 2.75) is 82.0 Å². The van der Waals surface area contributed by atoms with Gasteiger partial charge in [-0.25, -0.2) is 4.39 Å². The molecule has 1 aromatic rings. The molecule has 6 rings (SSSR count). The Balaban J connectivity index is 1.38. The summed E-state index contributed by atoms with van der Waals surface area (Å²) in [6.07, 6.45) is 3.63. The van der Waals surface area contributed by atoms with Gasteiger partial charge in [-0.1, -0.05) is 37.6 Å². The number of carbonyl (C=O) groups is 1. The molecule has 4 aliphatic carbocycles. The summed E-state index contributed by atoms with van der Waals surface area (Å²) in [6.45, 7) is 4.16. The minimum atomic E-state index is -1.81. The van der Waals surface area contributed by atoms with E-state index < -0.39 is 34.0 Å². The standard InChI is InChI=1S/C27H33FO5/c1-23-12-10-18(29)14-17(23)8-9-21-20-11-13-25(31,24(20,2)15-22(30)27(21,23)28)26(16-32-26)33-19-6-4-3-5-7-19/h3-7,14,20-22,30-31H,8-13,15-16H2,1-2H3/t20-,21-,22?,23-,24-,25+,26?,27-/m0/s1. The van der Waals surface area contributed by atoms with Crippen molar-refractivity contribution in [1.82, 2.24) is 0 Å². The quantitative estimate of drug-likeness (QED) is 0.669. The van der Waals surface area contributed by atoms with Gasteiger partial charge in [0.2, 0.25) is 0 Å². The van der Waals surface area contributed by atoms with E-state index in [9.17, 15) is 15.0 Å². The van der Waals surface area contributed by atoms with Gasteiger partial charge in [-0.2, -0.15) is 0 Å². The third-order valence-corrected chi connectivity index (χ3v) is 10.3. The first kappa shape index (κ1) is 21.8. The summed E-state index contributed by atoms with van der Waals surface area (Å²) in [5.41, 5.74) is -3.89. The second kappa shape index (κ2) is 6.67. The second-order valence-corrected chi connectivity index (χ2v) is 11.5. The van der Waals surface area contributed by atoms with E-state index in [1.807, 2.05) is 44.2 Å². The van der Waals surface area contributed by atoms with E-state index in [1.54, 1.807) is 6.08 Å². The summed E-state index contributed by atoms with van der Waals surface area (Å²) in [7, 11) is 0. The fourth-order valence-corrected chi connectivity index (χ4v) is 8.33. The van der Waals surface area contributed by atoms with Crippen molar-refractivity contribution in [3.63, 3.8) is 0 Å². The molecule has 0 spiro atoms. The Morgan fingerprint density at radius 3 is 2.52 bits per heavy atom. The maximum absolute atomic E-state index is 17.2. The van der Waals surface area contributed by atoms with Crippen LogP contribution in [-0.4, -0.2) is 45.8 Å². The Kier molecular flexibility index (Phi) is 4.40. The topological polar surface area (TPSA) is 79.3 Å². The first-order chi connectivity index (χ1) is 15.6. The van der Waals surface area contributed by atoms with Gasteiger partial charge in [0.25, 0.3) is 5.79 Å². The fraction of sp³-hybridized carbons (Fsp3) is 0.667. The average molecular weight is 457 g/mol. The predicted molar refractivity (Wildman–Crippen MR) is 119 cm³/mol. The predicted octanol–water partition coefficient (Wildman–Crippen LogP) is 4.12. The van der Waals surface area contributed by atoms with E-state index in [4.69, 9.17) is 9.47 Å². The minimum absolute atomic E-state index is 0.0563. The molecule has 1 saturated heterocycles. The lowest BCUT2D eigenvalue weighted by Gasteiger charge is -2.63. The van der Waals surface area contributed by atoms with Crippen LogP contribution in [0.2, 0.25) is 0 Å². The molecule has 0 radical (unpaired) electrons. The first-order valence-electron chi connectivity index (χ1n) is 12.3. The highest BCUT2D eigenvalue weighted by molar-refractivity contribution is 5.91. The lowest BCUT2D eigenvalue weighted by molar-refractivity contribution is -0.255.